The predicted molar refractivity (Wildman–Crippen MR) is 69.9 cm³/mol. The van der Waals surface area contributed by atoms with Crippen LogP contribution < -0.4 is 5.14 Å². The second kappa shape index (κ2) is 4.56. The molecule has 0 saturated heterocycles. The zero-order valence-corrected chi connectivity index (χ0v) is 11.9. The van der Waals surface area contributed by atoms with Gasteiger partial charge >= 0.3 is 0 Å². The molecule has 106 valence electrons. The molecule has 19 heavy (non-hydrogen) atoms. The fourth-order valence-electron chi connectivity index (χ4n) is 3.57. The van der Waals surface area contributed by atoms with Gasteiger partial charge < -0.3 is 4.57 Å². The molecule has 6 nitrogen and oxygen atoms in total. The van der Waals surface area contributed by atoms with Crippen LogP contribution >= 0.6 is 0 Å². The second-order valence-electron chi connectivity index (χ2n) is 5.68. The van der Waals surface area contributed by atoms with E-state index in [9.17, 15) is 8.42 Å². The van der Waals surface area contributed by atoms with E-state index in [1.54, 1.807) is 4.57 Å². The summed E-state index contributed by atoms with van der Waals surface area (Å²) in [5.74, 6) is 2.60. The first-order valence-electron chi connectivity index (χ1n) is 7.00. The lowest BCUT2D eigenvalue weighted by molar-refractivity contribution is 0.480. The first-order valence-corrected chi connectivity index (χ1v) is 8.54. The molecule has 0 aliphatic heterocycles. The fourth-order valence-corrected chi connectivity index (χ4v) is 4.21. The van der Waals surface area contributed by atoms with Crippen LogP contribution in [0.25, 0.3) is 0 Å². The Hall–Kier alpha value is -0.950. The second-order valence-corrected chi connectivity index (χ2v) is 7.13. The number of hydrogen-bond acceptors (Lipinski definition) is 4. The maximum absolute atomic E-state index is 11.6. The molecule has 7 heteroatoms. The summed E-state index contributed by atoms with van der Waals surface area (Å²) >= 11 is 0. The normalized spacial score (nSPS) is 30.1. The van der Waals surface area contributed by atoms with E-state index in [-0.39, 0.29) is 5.16 Å². The lowest BCUT2D eigenvalue weighted by atomic mass is 10.0. The van der Waals surface area contributed by atoms with E-state index in [1.165, 1.54) is 25.7 Å². The molecule has 2 aliphatic rings. The van der Waals surface area contributed by atoms with Crippen LogP contribution in [0.1, 0.15) is 50.8 Å². The van der Waals surface area contributed by atoms with Crippen molar-refractivity contribution in [3.05, 3.63) is 5.82 Å². The molecule has 2 N–H and O–H groups in total. The summed E-state index contributed by atoms with van der Waals surface area (Å²) < 4.78 is 24.8. The SMILES string of the molecule is CCCn1c(C2C3CCCCC32)nnc1S(N)(=O)=O. The average molecular weight is 284 g/mol. The van der Waals surface area contributed by atoms with Crippen LogP contribution in [-0.4, -0.2) is 23.2 Å². The Labute approximate surface area is 113 Å². The van der Waals surface area contributed by atoms with Crippen LogP contribution in [0.2, 0.25) is 0 Å². The highest BCUT2D eigenvalue weighted by atomic mass is 32.2. The van der Waals surface area contributed by atoms with Crippen molar-refractivity contribution in [3.63, 3.8) is 0 Å². The van der Waals surface area contributed by atoms with Crippen LogP contribution in [-0.2, 0) is 16.6 Å². The van der Waals surface area contributed by atoms with Crippen LogP contribution in [0.3, 0.4) is 0 Å². The van der Waals surface area contributed by atoms with Gasteiger partial charge in [-0.15, -0.1) is 10.2 Å². The summed E-state index contributed by atoms with van der Waals surface area (Å²) in [6.07, 6.45) is 5.87. The minimum atomic E-state index is -3.78. The van der Waals surface area contributed by atoms with E-state index in [1.807, 2.05) is 6.92 Å². The summed E-state index contributed by atoms with van der Waals surface area (Å²) in [5, 5.41) is 13.1. The molecular formula is C12H20N4O2S. The van der Waals surface area contributed by atoms with Crippen molar-refractivity contribution in [2.24, 2.45) is 17.0 Å². The highest BCUT2D eigenvalue weighted by Gasteiger charge is 2.54. The molecule has 1 heterocycles. The smallest absolute Gasteiger partial charge is 0.273 e. The highest BCUT2D eigenvalue weighted by Crippen LogP contribution is 2.60. The minimum absolute atomic E-state index is 0.0759. The van der Waals surface area contributed by atoms with E-state index >= 15 is 0 Å². The van der Waals surface area contributed by atoms with E-state index in [0.717, 1.165) is 12.2 Å². The zero-order chi connectivity index (χ0) is 13.6. The Bertz CT molecular complexity index is 569. The minimum Gasteiger partial charge on any atom is -0.301 e. The van der Waals surface area contributed by atoms with Crippen LogP contribution in [0.15, 0.2) is 5.16 Å². The Kier molecular flexibility index (Phi) is 3.13. The van der Waals surface area contributed by atoms with E-state index in [4.69, 9.17) is 5.14 Å². The molecule has 2 fully saturated rings. The number of primary sulfonamides is 1. The molecular weight excluding hydrogens is 264 g/mol. The third-order valence-electron chi connectivity index (χ3n) is 4.40. The summed E-state index contributed by atoms with van der Waals surface area (Å²) in [4.78, 5) is 0. The van der Waals surface area contributed by atoms with Crippen LogP contribution in [0, 0.1) is 11.8 Å². The number of nitrogens with two attached hydrogens (primary N) is 1. The summed E-state index contributed by atoms with van der Waals surface area (Å²) in [5.41, 5.74) is 0. The Morgan fingerprint density at radius 2 is 1.89 bits per heavy atom. The molecule has 0 spiro atoms. The molecule has 3 rings (SSSR count). The Morgan fingerprint density at radius 1 is 1.26 bits per heavy atom. The molecule has 0 amide bonds. The van der Waals surface area contributed by atoms with E-state index in [0.29, 0.717) is 24.3 Å². The van der Waals surface area contributed by atoms with Crippen molar-refractivity contribution in [2.45, 2.75) is 56.6 Å². The third-order valence-corrected chi connectivity index (χ3v) is 5.21. The standard InChI is InChI=1S/C12H20N4O2S/c1-2-7-16-11(14-15-12(16)19(13,17)18)10-8-5-3-4-6-9(8)10/h8-10H,2-7H2,1H3,(H2,13,17,18). The van der Waals surface area contributed by atoms with Gasteiger partial charge in [-0.2, -0.15) is 0 Å². The topological polar surface area (TPSA) is 90.9 Å². The summed E-state index contributed by atoms with van der Waals surface area (Å²) in [7, 11) is -3.78. The molecule has 0 radical (unpaired) electrons. The van der Waals surface area contributed by atoms with Crippen molar-refractivity contribution >= 4 is 10.0 Å². The number of hydrogen-bond donors (Lipinski definition) is 1. The average Bonchev–Trinajstić information content (AvgIpc) is 2.92. The van der Waals surface area contributed by atoms with Gasteiger partial charge in [-0.1, -0.05) is 19.8 Å². The molecule has 1 aromatic rings. The van der Waals surface area contributed by atoms with Gasteiger partial charge in [0.25, 0.3) is 15.2 Å². The molecule has 2 aliphatic carbocycles. The lowest BCUT2D eigenvalue weighted by Gasteiger charge is -2.07. The first-order chi connectivity index (χ1) is 9.04. The monoisotopic (exact) mass is 284 g/mol. The van der Waals surface area contributed by atoms with Crippen molar-refractivity contribution in [1.29, 1.82) is 0 Å². The molecule has 1 aromatic heterocycles. The predicted octanol–water partition coefficient (Wildman–Crippen LogP) is 1.24. The van der Waals surface area contributed by atoms with Crippen molar-refractivity contribution in [2.75, 3.05) is 0 Å². The molecule has 2 atom stereocenters. The molecule has 0 bridgehead atoms. The fraction of sp³-hybridized carbons (Fsp3) is 0.833. The van der Waals surface area contributed by atoms with Gasteiger partial charge in [-0.25, -0.2) is 13.6 Å². The van der Waals surface area contributed by atoms with Crippen molar-refractivity contribution < 1.29 is 8.42 Å². The van der Waals surface area contributed by atoms with Gasteiger partial charge in [0.2, 0.25) is 0 Å². The van der Waals surface area contributed by atoms with Gasteiger partial charge in [0, 0.05) is 12.5 Å². The lowest BCUT2D eigenvalue weighted by Crippen LogP contribution is -2.19. The van der Waals surface area contributed by atoms with E-state index < -0.39 is 10.0 Å². The van der Waals surface area contributed by atoms with Gasteiger partial charge in [0.1, 0.15) is 5.82 Å². The third kappa shape index (κ3) is 2.18. The Morgan fingerprint density at radius 3 is 2.42 bits per heavy atom. The number of aromatic nitrogens is 3. The summed E-state index contributed by atoms with van der Waals surface area (Å²) in [6.45, 7) is 2.63. The maximum Gasteiger partial charge on any atom is 0.273 e. The largest absolute Gasteiger partial charge is 0.301 e. The molecule has 2 unspecified atom stereocenters. The van der Waals surface area contributed by atoms with Crippen LogP contribution in [0.4, 0.5) is 0 Å². The molecule has 0 aromatic carbocycles. The summed E-state index contributed by atoms with van der Waals surface area (Å²) in [6, 6.07) is 0. The maximum atomic E-state index is 11.6. The van der Waals surface area contributed by atoms with Crippen molar-refractivity contribution in [1.82, 2.24) is 14.8 Å². The van der Waals surface area contributed by atoms with Gasteiger partial charge in [0.15, 0.2) is 0 Å². The van der Waals surface area contributed by atoms with Crippen LogP contribution in [0.5, 0.6) is 0 Å². The highest BCUT2D eigenvalue weighted by molar-refractivity contribution is 7.89. The van der Waals surface area contributed by atoms with Gasteiger partial charge in [0.05, 0.1) is 0 Å². The molecule has 2 saturated carbocycles. The van der Waals surface area contributed by atoms with Crippen molar-refractivity contribution in [3.8, 4) is 0 Å². The quantitative estimate of drug-likeness (QED) is 0.900. The number of rotatable bonds is 4. The van der Waals surface area contributed by atoms with Gasteiger partial charge in [-0.3, -0.25) is 0 Å². The number of fused-ring (bicyclic) bond motifs is 1. The number of sulfonamides is 1. The Balaban J connectivity index is 1.96. The van der Waals surface area contributed by atoms with Gasteiger partial charge in [-0.05, 0) is 31.1 Å². The zero-order valence-electron chi connectivity index (χ0n) is 11.1. The van der Waals surface area contributed by atoms with E-state index in [2.05, 4.69) is 10.2 Å². The number of nitrogens with zero attached hydrogens (tertiary/aromatic N) is 3. The first kappa shape index (κ1) is 13.1.